The molecule has 1 amide bonds. The lowest BCUT2D eigenvalue weighted by Gasteiger charge is -2.09. The van der Waals surface area contributed by atoms with E-state index in [-0.39, 0.29) is 30.2 Å². The van der Waals surface area contributed by atoms with Gasteiger partial charge in [0, 0.05) is 31.9 Å². The van der Waals surface area contributed by atoms with Crippen LogP contribution in [0, 0.1) is 12.7 Å². The Labute approximate surface area is 162 Å². The predicted molar refractivity (Wildman–Crippen MR) is 101 cm³/mol. The Morgan fingerprint density at radius 3 is 2.61 bits per heavy atom. The van der Waals surface area contributed by atoms with Crippen LogP contribution in [0.15, 0.2) is 35.4 Å². The third kappa shape index (κ3) is 5.40. The van der Waals surface area contributed by atoms with E-state index in [1.807, 2.05) is 0 Å². The Morgan fingerprint density at radius 1 is 1.25 bits per heavy atom. The van der Waals surface area contributed by atoms with Crippen LogP contribution in [-0.2, 0) is 26.6 Å². The number of aryl methyl sites for hydroxylation is 2. The topological polar surface area (TPSA) is 106 Å². The van der Waals surface area contributed by atoms with E-state index < -0.39 is 27.7 Å². The Bertz CT molecular complexity index is 985. The highest BCUT2D eigenvalue weighted by Gasteiger charge is 2.21. The SMILES string of the molecule is CCOC(=O)c1cc(S(=O)(=O)NCCC(=O)Nc2ccc(F)cc2C)cn1C. The number of ether oxygens (including phenoxy) is 1. The van der Waals surface area contributed by atoms with Crippen LogP contribution < -0.4 is 10.0 Å². The molecule has 0 aliphatic heterocycles. The van der Waals surface area contributed by atoms with Gasteiger partial charge in [-0.05, 0) is 43.7 Å². The predicted octanol–water partition coefficient (Wildman–Crippen LogP) is 1.96. The Morgan fingerprint density at radius 2 is 1.96 bits per heavy atom. The van der Waals surface area contributed by atoms with Gasteiger partial charge in [-0.15, -0.1) is 0 Å². The molecule has 0 saturated heterocycles. The van der Waals surface area contributed by atoms with Gasteiger partial charge in [-0.3, -0.25) is 4.79 Å². The summed E-state index contributed by atoms with van der Waals surface area (Å²) < 4.78 is 46.3. The van der Waals surface area contributed by atoms with E-state index in [0.717, 1.165) is 0 Å². The van der Waals surface area contributed by atoms with Crippen molar-refractivity contribution in [3.05, 3.63) is 47.5 Å². The summed E-state index contributed by atoms with van der Waals surface area (Å²) >= 11 is 0. The number of nitrogens with one attached hydrogen (secondary N) is 2. The fraction of sp³-hybridized carbons (Fsp3) is 0.333. The van der Waals surface area contributed by atoms with Crippen molar-refractivity contribution in [2.75, 3.05) is 18.5 Å². The fourth-order valence-corrected chi connectivity index (χ4v) is 3.55. The van der Waals surface area contributed by atoms with E-state index in [9.17, 15) is 22.4 Å². The molecule has 0 atom stereocenters. The van der Waals surface area contributed by atoms with Crippen LogP contribution in [0.25, 0.3) is 0 Å². The van der Waals surface area contributed by atoms with Gasteiger partial charge in [0.25, 0.3) is 0 Å². The maximum atomic E-state index is 13.1. The number of nitrogens with zero attached hydrogens (tertiary/aromatic N) is 1. The normalized spacial score (nSPS) is 11.3. The third-order valence-electron chi connectivity index (χ3n) is 3.88. The van der Waals surface area contributed by atoms with Gasteiger partial charge in [0.05, 0.1) is 6.61 Å². The molecule has 0 spiro atoms. The van der Waals surface area contributed by atoms with Crippen LogP contribution in [0.1, 0.15) is 29.4 Å². The van der Waals surface area contributed by atoms with Crippen molar-refractivity contribution >= 4 is 27.6 Å². The van der Waals surface area contributed by atoms with E-state index in [4.69, 9.17) is 4.74 Å². The van der Waals surface area contributed by atoms with Crippen LogP contribution in [0.5, 0.6) is 0 Å². The summed E-state index contributed by atoms with van der Waals surface area (Å²) in [6, 6.07) is 5.16. The van der Waals surface area contributed by atoms with Crippen LogP contribution >= 0.6 is 0 Å². The number of hydrogen-bond donors (Lipinski definition) is 2. The number of carbonyl (C=O) groups excluding carboxylic acids is 2. The zero-order valence-corrected chi connectivity index (χ0v) is 16.6. The van der Waals surface area contributed by atoms with Crippen molar-refractivity contribution in [1.82, 2.24) is 9.29 Å². The molecule has 2 N–H and O–H groups in total. The second-order valence-electron chi connectivity index (χ2n) is 6.05. The number of carbonyl (C=O) groups is 2. The van der Waals surface area contributed by atoms with Crippen LogP contribution in [-0.4, -0.2) is 38.0 Å². The fourth-order valence-electron chi connectivity index (χ4n) is 2.45. The molecule has 28 heavy (non-hydrogen) atoms. The van der Waals surface area contributed by atoms with Crippen molar-refractivity contribution in [3.63, 3.8) is 0 Å². The molecule has 0 bridgehead atoms. The lowest BCUT2D eigenvalue weighted by Crippen LogP contribution is -2.27. The number of sulfonamides is 1. The van der Waals surface area contributed by atoms with Gasteiger partial charge in [0.1, 0.15) is 16.4 Å². The van der Waals surface area contributed by atoms with Crippen molar-refractivity contribution in [2.45, 2.75) is 25.2 Å². The molecule has 0 radical (unpaired) electrons. The molecule has 152 valence electrons. The summed E-state index contributed by atoms with van der Waals surface area (Å²) in [6.07, 6.45) is 1.17. The summed E-state index contributed by atoms with van der Waals surface area (Å²) in [7, 11) is -2.37. The van der Waals surface area contributed by atoms with E-state index >= 15 is 0 Å². The minimum atomic E-state index is -3.90. The maximum absolute atomic E-state index is 13.1. The summed E-state index contributed by atoms with van der Waals surface area (Å²) in [4.78, 5) is 23.7. The first kappa shape index (κ1) is 21.6. The lowest BCUT2D eigenvalue weighted by atomic mass is 10.2. The Kier molecular flexibility index (Phi) is 6.92. The number of hydrogen-bond acceptors (Lipinski definition) is 5. The van der Waals surface area contributed by atoms with Crippen molar-refractivity contribution in [1.29, 1.82) is 0 Å². The molecule has 1 heterocycles. The molecule has 2 aromatic rings. The second kappa shape index (κ2) is 8.98. The van der Waals surface area contributed by atoms with E-state index in [0.29, 0.717) is 11.3 Å². The van der Waals surface area contributed by atoms with Crippen molar-refractivity contribution in [3.8, 4) is 0 Å². The summed E-state index contributed by atoms with van der Waals surface area (Å²) in [5.41, 5.74) is 1.12. The number of anilines is 1. The molecule has 0 aliphatic carbocycles. The molecule has 1 aromatic heterocycles. The number of esters is 1. The van der Waals surface area contributed by atoms with Gasteiger partial charge in [-0.1, -0.05) is 0 Å². The molecule has 8 nitrogen and oxygen atoms in total. The number of rotatable bonds is 8. The number of benzene rings is 1. The van der Waals surface area contributed by atoms with Crippen LogP contribution in [0.4, 0.5) is 10.1 Å². The quantitative estimate of drug-likeness (QED) is 0.646. The Hall–Kier alpha value is -2.72. The first-order valence-corrected chi connectivity index (χ1v) is 10.0. The monoisotopic (exact) mass is 411 g/mol. The first-order chi connectivity index (χ1) is 13.1. The van der Waals surface area contributed by atoms with Crippen molar-refractivity contribution < 1.29 is 27.1 Å². The largest absolute Gasteiger partial charge is 0.461 e. The average molecular weight is 411 g/mol. The number of amides is 1. The van der Waals surface area contributed by atoms with Gasteiger partial charge in [-0.2, -0.15) is 0 Å². The zero-order chi connectivity index (χ0) is 20.9. The van der Waals surface area contributed by atoms with E-state index in [2.05, 4.69) is 10.0 Å². The van der Waals surface area contributed by atoms with Gasteiger partial charge in [-0.25, -0.2) is 22.3 Å². The van der Waals surface area contributed by atoms with E-state index in [1.54, 1.807) is 13.8 Å². The Balaban J connectivity index is 1.95. The van der Waals surface area contributed by atoms with E-state index in [1.165, 1.54) is 42.1 Å². The highest BCUT2D eigenvalue weighted by Crippen LogP contribution is 2.16. The van der Waals surface area contributed by atoms with Gasteiger partial charge < -0.3 is 14.6 Å². The minimum absolute atomic E-state index is 0.103. The van der Waals surface area contributed by atoms with Gasteiger partial charge in [0.2, 0.25) is 15.9 Å². The third-order valence-corrected chi connectivity index (χ3v) is 5.31. The smallest absolute Gasteiger partial charge is 0.354 e. The van der Waals surface area contributed by atoms with Crippen LogP contribution in [0.3, 0.4) is 0 Å². The minimum Gasteiger partial charge on any atom is -0.461 e. The molecule has 0 fully saturated rings. The average Bonchev–Trinajstić information content (AvgIpc) is 3.00. The summed E-state index contributed by atoms with van der Waals surface area (Å²) in [5.74, 6) is -1.45. The van der Waals surface area contributed by atoms with Gasteiger partial charge in [0.15, 0.2) is 0 Å². The molecule has 10 heteroatoms. The number of aromatic nitrogens is 1. The molecule has 0 saturated carbocycles. The molecule has 2 rings (SSSR count). The molecular formula is C18H22FN3O5S. The summed E-state index contributed by atoms with van der Waals surface area (Å²) in [5, 5.41) is 2.60. The highest BCUT2D eigenvalue weighted by atomic mass is 32.2. The lowest BCUT2D eigenvalue weighted by molar-refractivity contribution is -0.116. The second-order valence-corrected chi connectivity index (χ2v) is 7.81. The maximum Gasteiger partial charge on any atom is 0.354 e. The van der Waals surface area contributed by atoms with Gasteiger partial charge >= 0.3 is 5.97 Å². The van der Waals surface area contributed by atoms with Crippen molar-refractivity contribution in [2.24, 2.45) is 7.05 Å². The highest BCUT2D eigenvalue weighted by molar-refractivity contribution is 7.89. The molecule has 0 aliphatic rings. The molecule has 1 aromatic carbocycles. The first-order valence-electron chi connectivity index (χ1n) is 8.53. The molecule has 0 unspecified atom stereocenters. The zero-order valence-electron chi connectivity index (χ0n) is 15.8. The summed E-state index contributed by atoms with van der Waals surface area (Å²) in [6.45, 7) is 3.33. The molecular weight excluding hydrogens is 389 g/mol. The van der Waals surface area contributed by atoms with Crippen LogP contribution in [0.2, 0.25) is 0 Å². The number of halogens is 1. The standard InChI is InChI=1S/C18H22FN3O5S/c1-4-27-18(24)16-10-14(11-22(16)3)28(25,26)20-8-7-17(23)21-15-6-5-13(19)9-12(15)2/h5-6,9-11,20H,4,7-8H2,1-3H3,(H,21,23).